The Labute approximate surface area is 108 Å². The van der Waals surface area contributed by atoms with Crippen LogP contribution in [0.2, 0.25) is 0 Å². The van der Waals surface area contributed by atoms with Crippen molar-refractivity contribution in [2.75, 3.05) is 0 Å². The summed E-state index contributed by atoms with van der Waals surface area (Å²) in [5.74, 6) is -2.92. The SMILES string of the molecule is CC1CC(CC(=O)O)(C(=O)O)c2cc(F)ccc2O1. The van der Waals surface area contributed by atoms with Gasteiger partial charge in [0.05, 0.1) is 12.5 Å². The summed E-state index contributed by atoms with van der Waals surface area (Å²) in [6.45, 7) is 1.66. The molecule has 1 aromatic carbocycles. The van der Waals surface area contributed by atoms with Gasteiger partial charge in [-0.25, -0.2) is 4.39 Å². The van der Waals surface area contributed by atoms with Gasteiger partial charge >= 0.3 is 11.9 Å². The highest BCUT2D eigenvalue weighted by atomic mass is 19.1. The first kappa shape index (κ1) is 13.3. The van der Waals surface area contributed by atoms with Gasteiger partial charge in [-0.2, -0.15) is 0 Å². The lowest BCUT2D eigenvalue weighted by molar-refractivity contribution is -0.152. The summed E-state index contributed by atoms with van der Waals surface area (Å²) >= 11 is 0. The topological polar surface area (TPSA) is 83.8 Å². The van der Waals surface area contributed by atoms with Crippen molar-refractivity contribution >= 4 is 11.9 Å². The van der Waals surface area contributed by atoms with Crippen LogP contribution in [0, 0.1) is 5.82 Å². The number of halogens is 1. The summed E-state index contributed by atoms with van der Waals surface area (Å²) in [5, 5.41) is 18.4. The predicted octanol–water partition coefficient (Wildman–Crippen LogP) is 1.79. The van der Waals surface area contributed by atoms with Crippen molar-refractivity contribution in [2.45, 2.75) is 31.3 Å². The molecule has 1 aromatic rings. The molecule has 2 N–H and O–H groups in total. The number of carboxylic acids is 2. The molecule has 1 aliphatic rings. The number of fused-ring (bicyclic) bond motifs is 1. The fourth-order valence-electron chi connectivity index (χ4n) is 2.54. The summed E-state index contributed by atoms with van der Waals surface area (Å²) in [6.07, 6.45) is -1.06. The van der Waals surface area contributed by atoms with E-state index in [-0.39, 0.29) is 17.7 Å². The molecule has 0 radical (unpaired) electrons. The van der Waals surface area contributed by atoms with E-state index in [9.17, 15) is 19.1 Å². The number of hydrogen-bond donors (Lipinski definition) is 2. The smallest absolute Gasteiger partial charge is 0.315 e. The van der Waals surface area contributed by atoms with E-state index in [1.165, 1.54) is 6.07 Å². The molecule has 1 heterocycles. The fourth-order valence-corrected chi connectivity index (χ4v) is 2.54. The third kappa shape index (κ3) is 2.25. The molecule has 2 rings (SSSR count). The van der Waals surface area contributed by atoms with Crippen LogP contribution in [0.5, 0.6) is 5.75 Å². The molecule has 0 aliphatic carbocycles. The van der Waals surface area contributed by atoms with Gasteiger partial charge < -0.3 is 14.9 Å². The van der Waals surface area contributed by atoms with Crippen molar-refractivity contribution in [1.82, 2.24) is 0 Å². The van der Waals surface area contributed by atoms with Crippen LogP contribution in [0.15, 0.2) is 18.2 Å². The number of ether oxygens (including phenoxy) is 1. The first-order chi connectivity index (χ1) is 8.85. The molecule has 0 saturated heterocycles. The molecule has 6 heteroatoms. The van der Waals surface area contributed by atoms with Crippen LogP contribution in [0.1, 0.15) is 25.3 Å². The zero-order chi connectivity index (χ0) is 14.2. The van der Waals surface area contributed by atoms with E-state index < -0.39 is 35.7 Å². The van der Waals surface area contributed by atoms with Gasteiger partial charge in [-0.1, -0.05) is 0 Å². The lowest BCUT2D eigenvalue weighted by atomic mass is 9.71. The first-order valence-corrected chi connectivity index (χ1v) is 5.77. The summed E-state index contributed by atoms with van der Waals surface area (Å²) in [7, 11) is 0. The van der Waals surface area contributed by atoms with E-state index in [1.807, 2.05) is 0 Å². The maximum absolute atomic E-state index is 13.3. The van der Waals surface area contributed by atoms with Crippen LogP contribution in [0.25, 0.3) is 0 Å². The molecular weight excluding hydrogens is 255 g/mol. The number of benzene rings is 1. The number of hydrogen-bond acceptors (Lipinski definition) is 3. The minimum atomic E-state index is -1.65. The maximum atomic E-state index is 13.3. The normalized spacial score (nSPS) is 25.3. The van der Waals surface area contributed by atoms with Crippen molar-refractivity contribution in [1.29, 1.82) is 0 Å². The van der Waals surface area contributed by atoms with Gasteiger partial charge in [0, 0.05) is 12.0 Å². The first-order valence-electron chi connectivity index (χ1n) is 5.77. The Morgan fingerprint density at radius 1 is 1.47 bits per heavy atom. The third-order valence-corrected chi connectivity index (χ3v) is 3.28. The Kier molecular flexibility index (Phi) is 3.18. The molecule has 0 spiro atoms. The number of aliphatic carboxylic acids is 2. The van der Waals surface area contributed by atoms with Crippen LogP contribution < -0.4 is 4.74 Å². The Morgan fingerprint density at radius 3 is 2.74 bits per heavy atom. The maximum Gasteiger partial charge on any atom is 0.315 e. The predicted molar refractivity (Wildman–Crippen MR) is 62.7 cm³/mol. The molecule has 0 saturated carbocycles. The van der Waals surface area contributed by atoms with Crippen molar-refractivity contribution in [3.8, 4) is 5.75 Å². The largest absolute Gasteiger partial charge is 0.490 e. The second-order valence-corrected chi connectivity index (χ2v) is 4.73. The Bertz CT molecular complexity index is 542. The molecule has 102 valence electrons. The summed E-state index contributed by atoms with van der Waals surface area (Å²) < 4.78 is 18.8. The van der Waals surface area contributed by atoms with E-state index in [0.29, 0.717) is 0 Å². The van der Waals surface area contributed by atoms with Crippen LogP contribution in [-0.2, 0) is 15.0 Å². The lowest BCUT2D eigenvalue weighted by Crippen LogP contribution is -2.45. The van der Waals surface area contributed by atoms with E-state index in [0.717, 1.165) is 12.1 Å². The molecule has 0 fully saturated rings. The van der Waals surface area contributed by atoms with E-state index in [2.05, 4.69) is 0 Å². The minimum Gasteiger partial charge on any atom is -0.490 e. The number of rotatable bonds is 3. The average Bonchev–Trinajstić information content (AvgIpc) is 2.28. The standard InChI is InChI=1S/C13H13FO5/c1-7-5-13(12(17)18,6-11(15)16)9-4-8(14)2-3-10(9)19-7/h2-4,7H,5-6H2,1H3,(H,15,16)(H,17,18). The quantitative estimate of drug-likeness (QED) is 0.873. The molecule has 1 aliphatic heterocycles. The van der Waals surface area contributed by atoms with Crippen LogP contribution in [0.4, 0.5) is 4.39 Å². The van der Waals surface area contributed by atoms with Gasteiger partial charge in [0.25, 0.3) is 0 Å². The second kappa shape index (κ2) is 4.53. The molecule has 0 amide bonds. The summed E-state index contributed by atoms with van der Waals surface area (Å²) in [6, 6.07) is 3.53. The Balaban J connectivity index is 2.63. The van der Waals surface area contributed by atoms with Crippen molar-refractivity contribution in [2.24, 2.45) is 0 Å². The van der Waals surface area contributed by atoms with Crippen LogP contribution in [0.3, 0.4) is 0 Å². The highest BCUT2D eigenvalue weighted by Crippen LogP contribution is 2.44. The van der Waals surface area contributed by atoms with Gasteiger partial charge in [-0.3, -0.25) is 9.59 Å². The summed E-state index contributed by atoms with van der Waals surface area (Å²) in [4.78, 5) is 22.6. The molecule has 0 bridgehead atoms. The minimum absolute atomic E-state index is 0.00884. The highest BCUT2D eigenvalue weighted by Gasteiger charge is 2.48. The Morgan fingerprint density at radius 2 is 2.16 bits per heavy atom. The van der Waals surface area contributed by atoms with Crippen molar-refractivity contribution in [3.63, 3.8) is 0 Å². The average molecular weight is 268 g/mol. The Hall–Kier alpha value is -2.11. The van der Waals surface area contributed by atoms with Gasteiger partial charge in [0.2, 0.25) is 0 Å². The van der Waals surface area contributed by atoms with Gasteiger partial charge in [-0.15, -0.1) is 0 Å². The van der Waals surface area contributed by atoms with Gasteiger partial charge in [0.1, 0.15) is 17.0 Å². The highest BCUT2D eigenvalue weighted by molar-refractivity contribution is 5.88. The van der Waals surface area contributed by atoms with Crippen molar-refractivity contribution in [3.05, 3.63) is 29.6 Å². The molecule has 5 nitrogen and oxygen atoms in total. The third-order valence-electron chi connectivity index (χ3n) is 3.28. The zero-order valence-corrected chi connectivity index (χ0v) is 10.2. The van der Waals surface area contributed by atoms with Crippen molar-refractivity contribution < 1.29 is 28.9 Å². The van der Waals surface area contributed by atoms with E-state index in [1.54, 1.807) is 6.92 Å². The van der Waals surface area contributed by atoms with Gasteiger partial charge in [-0.05, 0) is 25.1 Å². The summed E-state index contributed by atoms with van der Waals surface area (Å²) in [5.41, 5.74) is -1.57. The lowest BCUT2D eigenvalue weighted by Gasteiger charge is -2.37. The monoisotopic (exact) mass is 268 g/mol. The molecule has 0 aromatic heterocycles. The zero-order valence-electron chi connectivity index (χ0n) is 10.2. The molecular formula is C13H13FO5. The molecule has 19 heavy (non-hydrogen) atoms. The fraction of sp³-hybridized carbons (Fsp3) is 0.385. The number of carbonyl (C=O) groups is 2. The van der Waals surface area contributed by atoms with E-state index in [4.69, 9.17) is 9.84 Å². The molecule has 2 unspecified atom stereocenters. The number of carboxylic acid groups (broad SMARTS) is 2. The second-order valence-electron chi connectivity index (χ2n) is 4.73. The van der Waals surface area contributed by atoms with Crippen LogP contribution >= 0.6 is 0 Å². The van der Waals surface area contributed by atoms with E-state index >= 15 is 0 Å². The van der Waals surface area contributed by atoms with Crippen LogP contribution in [-0.4, -0.2) is 28.3 Å². The van der Waals surface area contributed by atoms with Gasteiger partial charge in [0.15, 0.2) is 0 Å². The molecule has 2 atom stereocenters.